The van der Waals surface area contributed by atoms with Gasteiger partial charge >= 0.3 is 0 Å². The molecule has 1 amide bonds. The second kappa shape index (κ2) is 6.56. The summed E-state index contributed by atoms with van der Waals surface area (Å²) in [5.74, 6) is 1.17. The van der Waals surface area contributed by atoms with E-state index in [2.05, 4.69) is 46.1 Å². The number of hydrogen-bond donors (Lipinski definition) is 0. The molecule has 1 aromatic carbocycles. The Morgan fingerprint density at radius 1 is 1.00 bits per heavy atom. The summed E-state index contributed by atoms with van der Waals surface area (Å²) < 4.78 is 0. The lowest BCUT2D eigenvalue weighted by Crippen LogP contribution is -2.33. The minimum atomic E-state index is 0.0204. The van der Waals surface area contributed by atoms with Crippen LogP contribution in [-0.2, 0) is 6.54 Å². The van der Waals surface area contributed by atoms with Gasteiger partial charge < -0.3 is 4.90 Å². The van der Waals surface area contributed by atoms with Crippen molar-refractivity contribution in [2.75, 3.05) is 26.2 Å². The van der Waals surface area contributed by atoms with Crippen LogP contribution >= 0.6 is 0 Å². The van der Waals surface area contributed by atoms with E-state index in [0.29, 0.717) is 17.5 Å². The highest BCUT2D eigenvalue weighted by Crippen LogP contribution is 2.32. The molecule has 2 aliphatic rings. The molecule has 5 nitrogen and oxygen atoms in total. The number of likely N-dealkylation sites (tertiary alicyclic amines) is 2. The van der Waals surface area contributed by atoms with Crippen LogP contribution in [0.15, 0.2) is 36.7 Å². The maximum atomic E-state index is 12.6. The summed E-state index contributed by atoms with van der Waals surface area (Å²) in [6, 6.07) is 8.79. The Balaban J connectivity index is 1.35. The van der Waals surface area contributed by atoms with Gasteiger partial charge in [0.1, 0.15) is 5.69 Å². The summed E-state index contributed by atoms with van der Waals surface area (Å²) in [5.41, 5.74) is 3.97. The molecule has 25 heavy (non-hydrogen) atoms. The van der Waals surface area contributed by atoms with Crippen molar-refractivity contribution < 1.29 is 4.79 Å². The number of fused-ring (bicyclic) bond motifs is 1. The van der Waals surface area contributed by atoms with Crippen molar-refractivity contribution in [3.05, 3.63) is 59.2 Å². The average molecular weight is 336 g/mol. The van der Waals surface area contributed by atoms with Crippen LogP contribution in [-0.4, -0.2) is 51.9 Å². The summed E-state index contributed by atoms with van der Waals surface area (Å²) >= 11 is 0. The highest BCUT2D eigenvalue weighted by molar-refractivity contribution is 5.92. The number of aryl methyl sites for hydroxylation is 2. The maximum absolute atomic E-state index is 12.6. The molecule has 0 unspecified atom stereocenters. The average Bonchev–Trinajstić information content (AvgIpc) is 3.15. The normalized spacial score (nSPS) is 23.0. The summed E-state index contributed by atoms with van der Waals surface area (Å²) in [6.45, 7) is 8.82. The van der Waals surface area contributed by atoms with Crippen molar-refractivity contribution in [1.82, 2.24) is 19.8 Å². The topological polar surface area (TPSA) is 49.3 Å². The van der Waals surface area contributed by atoms with Gasteiger partial charge in [-0.25, -0.2) is 4.98 Å². The Kier molecular flexibility index (Phi) is 4.25. The first-order valence-electron chi connectivity index (χ1n) is 8.94. The van der Waals surface area contributed by atoms with Crippen LogP contribution in [0.25, 0.3) is 0 Å². The predicted molar refractivity (Wildman–Crippen MR) is 96.1 cm³/mol. The van der Waals surface area contributed by atoms with Gasteiger partial charge in [0, 0.05) is 38.9 Å². The summed E-state index contributed by atoms with van der Waals surface area (Å²) in [4.78, 5) is 25.5. The van der Waals surface area contributed by atoms with Gasteiger partial charge in [-0.1, -0.05) is 29.8 Å². The lowest BCUT2D eigenvalue weighted by Gasteiger charge is -2.21. The van der Waals surface area contributed by atoms with Crippen LogP contribution in [0.3, 0.4) is 0 Å². The Morgan fingerprint density at radius 2 is 1.68 bits per heavy atom. The van der Waals surface area contributed by atoms with Crippen LogP contribution in [0.4, 0.5) is 0 Å². The molecular weight excluding hydrogens is 312 g/mol. The third-order valence-corrected chi connectivity index (χ3v) is 5.38. The second-order valence-electron chi connectivity index (χ2n) is 7.45. The van der Waals surface area contributed by atoms with E-state index in [1.165, 1.54) is 11.1 Å². The molecule has 0 aliphatic carbocycles. The zero-order chi connectivity index (χ0) is 17.4. The number of benzene rings is 1. The van der Waals surface area contributed by atoms with Gasteiger partial charge in [-0.3, -0.25) is 14.7 Å². The summed E-state index contributed by atoms with van der Waals surface area (Å²) in [5, 5.41) is 0. The molecule has 130 valence electrons. The predicted octanol–water partition coefficient (Wildman–Crippen LogP) is 2.30. The number of hydrogen-bond acceptors (Lipinski definition) is 4. The second-order valence-corrected chi connectivity index (χ2v) is 7.45. The molecule has 2 atom stereocenters. The zero-order valence-corrected chi connectivity index (χ0v) is 14.9. The monoisotopic (exact) mass is 336 g/mol. The first-order valence-corrected chi connectivity index (χ1v) is 8.94. The quantitative estimate of drug-likeness (QED) is 0.863. The van der Waals surface area contributed by atoms with Crippen molar-refractivity contribution in [1.29, 1.82) is 0 Å². The third kappa shape index (κ3) is 3.42. The largest absolute Gasteiger partial charge is 0.337 e. The molecule has 3 heterocycles. The Hall–Kier alpha value is -2.27. The van der Waals surface area contributed by atoms with E-state index < -0.39 is 0 Å². The van der Waals surface area contributed by atoms with Gasteiger partial charge in [0.15, 0.2) is 0 Å². The lowest BCUT2D eigenvalue weighted by molar-refractivity contribution is 0.0767. The molecule has 2 aromatic rings. The summed E-state index contributed by atoms with van der Waals surface area (Å²) in [7, 11) is 0. The number of carbonyl (C=O) groups is 1. The van der Waals surface area contributed by atoms with Gasteiger partial charge in [0.25, 0.3) is 5.91 Å². The molecule has 0 saturated carbocycles. The van der Waals surface area contributed by atoms with Crippen LogP contribution in [0, 0.1) is 25.7 Å². The molecule has 2 fully saturated rings. The minimum absolute atomic E-state index is 0.0204. The number of aromatic nitrogens is 2. The van der Waals surface area contributed by atoms with Crippen molar-refractivity contribution >= 4 is 5.91 Å². The molecule has 0 bridgehead atoms. The molecular formula is C20H24N4O. The van der Waals surface area contributed by atoms with Crippen LogP contribution in [0.1, 0.15) is 27.3 Å². The molecule has 1 aromatic heterocycles. The first kappa shape index (κ1) is 16.2. The van der Waals surface area contributed by atoms with Crippen molar-refractivity contribution in [3.8, 4) is 0 Å². The van der Waals surface area contributed by atoms with E-state index in [1.54, 1.807) is 12.4 Å². The van der Waals surface area contributed by atoms with Gasteiger partial charge in [0.2, 0.25) is 0 Å². The van der Waals surface area contributed by atoms with E-state index >= 15 is 0 Å². The van der Waals surface area contributed by atoms with Crippen molar-refractivity contribution in [2.24, 2.45) is 11.8 Å². The number of nitrogens with zero attached hydrogens (tertiary/aromatic N) is 4. The molecule has 2 saturated heterocycles. The van der Waals surface area contributed by atoms with E-state index in [9.17, 15) is 4.79 Å². The fraction of sp³-hybridized carbons (Fsp3) is 0.450. The van der Waals surface area contributed by atoms with Gasteiger partial charge in [0.05, 0.1) is 11.9 Å². The Morgan fingerprint density at radius 3 is 2.28 bits per heavy atom. The molecule has 4 rings (SSSR count). The fourth-order valence-corrected chi connectivity index (χ4v) is 4.00. The number of rotatable bonds is 3. The van der Waals surface area contributed by atoms with Gasteiger partial charge in [-0.15, -0.1) is 0 Å². The molecule has 0 N–H and O–H groups in total. The first-order chi connectivity index (χ1) is 12.1. The standard InChI is InChI=1S/C20H24N4O/c1-14-3-5-16(6-4-14)9-23-10-17-12-24(13-18(17)11-23)20(25)19-8-21-15(2)7-22-19/h3-8,17-18H,9-13H2,1-2H3/t17-,18+. The molecule has 0 spiro atoms. The minimum Gasteiger partial charge on any atom is -0.337 e. The van der Waals surface area contributed by atoms with E-state index in [4.69, 9.17) is 0 Å². The Labute approximate surface area is 148 Å². The van der Waals surface area contributed by atoms with Gasteiger partial charge in [-0.05, 0) is 31.2 Å². The highest BCUT2D eigenvalue weighted by atomic mass is 16.2. The highest BCUT2D eigenvalue weighted by Gasteiger charge is 2.41. The zero-order valence-electron chi connectivity index (χ0n) is 14.9. The maximum Gasteiger partial charge on any atom is 0.274 e. The number of carbonyl (C=O) groups excluding carboxylic acids is 1. The van der Waals surface area contributed by atoms with E-state index in [0.717, 1.165) is 38.4 Å². The smallest absolute Gasteiger partial charge is 0.274 e. The lowest BCUT2D eigenvalue weighted by atomic mass is 10.0. The Bertz CT molecular complexity index is 742. The molecule has 2 aliphatic heterocycles. The van der Waals surface area contributed by atoms with E-state index in [-0.39, 0.29) is 5.91 Å². The van der Waals surface area contributed by atoms with Crippen LogP contribution in [0.2, 0.25) is 0 Å². The van der Waals surface area contributed by atoms with Crippen molar-refractivity contribution in [3.63, 3.8) is 0 Å². The SMILES string of the molecule is Cc1ccc(CN2C[C@@H]3CN(C(=O)c4cnc(C)cn4)C[C@@H]3C2)cc1. The molecule has 5 heteroatoms. The van der Waals surface area contributed by atoms with Crippen molar-refractivity contribution in [2.45, 2.75) is 20.4 Å². The number of amides is 1. The third-order valence-electron chi connectivity index (χ3n) is 5.38. The van der Waals surface area contributed by atoms with Gasteiger partial charge in [-0.2, -0.15) is 0 Å². The fourth-order valence-electron chi connectivity index (χ4n) is 4.00. The van der Waals surface area contributed by atoms with Crippen LogP contribution in [0.5, 0.6) is 0 Å². The molecule has 0 radical (unpaired) electrons. The van der Waals surface area contributed by atoms with Crippen LogP contribution < -0.4 is 0 Å². The summed E-state index contributed by atoms with van der Waals surface area (Å²) in [6.07, 6.45) is 3.25. The van der Waals surface area contributed by atoms with E-state index in [1.807, 2.05) is 11.8 Å².